The molecule has 2 heterocycles. The van der Waals surface area contributed by atoms with E-state index in [2.05, 4.69) is 5.32 Å². The molecule has 150 valence electrons. The predicted octanol–water partition coefficient (Wildman–Crippen LogP) is 4.03. The SMILES string of the molecule is CC(Cc1ccco1)NC(=O)C1CCN(C(=O)c2cccc3ccccc23)CC1. The quantitative estimate of drug-likeness (QED) is 0.715. The van der Waals surface area contributed by atoms with Gasteiger partial charge in [-0.15, -0.1) is 0 Å². The maximum Gasteiger partial charge on any atom is 0.254 e. The smallest absolute Gasteiger partial charge is 0.254 e. The Hall–Kier alpha value is -3.08. The molecule has 5 heteroatoms. The number of nitrogens with zero attached hydrogens (tertiary/aromatic N) is 1. The lowest BCUT2D eigenvalue weighted by Gasteiger charge is -2.32. The summed E-state index contributed by atoms with van der Waals surface area (Å²) in [5, 5.41) is 5.13. The van der Waals surface area contributed by atoms with Crippen molar-refractivity contribution in [2.24, 2.45) is 5.92 Å². The van der Waals surface area contributed by atoms with Crippen molar-refractivity contribution in [2.45, 2.75) is 32.2 Å². The summed E-state index contributed by atoms with van der Waals surface area (Å²) < 4.78 is 5.35. The molecule has 2 amide bonds. The van der Waals surface area contributed by atoms with Crippen LogP contribution < -0.4 is 5.32 Å². The van der Waals surface area contributed by atoms with Crippen LogP contribution in [-0.2, 0) is 11.2 Å². The van der Waals surface area contributed by atoms with Crippen LogP contribution in [0.15, 0.2) is 65.3 Å². The highest BCUT2D eigenvalue weighted by Crippen LogP contribution is 2.24. The highest BCUT2D eigenvalue weighted by molar-refractivity contribution is 6.07. The van der Waals surface area contributed by atoms with Gasteiger partial charge in [-0.2, -0.15) is 0 Å². The third-order valence-electron chi connectivity index (χ3n) is 5.65. The summed E-state index contributed by atoms with van der Waals surface area (Å²) >= 11 is 0. The van der Waals surface area contributed by atoms with E-state index in [1.165, 1.54) is 0 Å². The van der Waals surface area contributed by atoms with Gasteiger partial charge in [0.05, 0.1) is 6.26 Å². The number of furan rings is 1. The van der Waals surface area contributed by atoms with Gasteiger partial charge in [-0.25, -0.2) is 0 Å². The van der Waals surface area contributed by atoms with Crippen LogP contribution in [0.4, 0.5) is 0 Å². The van der Waals surface area contributed by atoms with Gasteiger partial charge in [0.2, 0.25) is 5.91 Å². The highest BCUT2D eigenvalue weighted by atomic mass is 16.3. The number of hydrogen-bond donors (Lipinski definition) is 1. The lowest BCUT2D eigenvalue weighted by molar-refractivity contribution is -0.126. The second-order valence-corrected chi connectivity index (χ2v) is 7.79. The van der Waals surface area contributed by atoms with E-state index in [1.54, 1.807) is 6.26 Å². The lowest BCUT2D eigenvalue weighted by atomic mass is 9.94. The van der Waals surface area contributed by atoms with E-state index in [1.807, 2.05) is 66.4 Å². The molecule has 1 aliphatic heterocycles. The summed E-state index contributed by atoms with van der Waals surface area (Å²) in [6, 6.07) is 17.6. The molecule has 1 fully saturated rings. The summed E-state index contributed by atoms with van der Waals surface area (Å²) in [5.41, 5.74) is 0.734. The number of nitrogens with one attached hydrogen (secondary N) is 1. The third-order valence-corrected chi connectivity index (χ3v) is 5.65. The Labute approximate surface area is 170 Å². The van der Waals surface area contributed by atoms with E-state index < -0.39 is 0 Å². The van der Waals surface area contributed by atoms with Crippen molar-refractivity contribution in [3.8, 4) is 0 Å². The summed E-state index contributed by atoms with van der Waals surface area (Å²) in [6.45, 7) is 3.19. The maximum absolute atomic E-state index is 13.1. The van der Waals surface area contributed by atoms with Crippen molar-refractivity contribution in [3.63, 3.8) is 0 Å². The molecular weight excluding hydrogens is 364 g/mol. The zero-order valence-corrected chi connectivity index (χ0v) is 16.6. The van der Waals surface area contributed by atoms with Crippen molar-refractivity contribution in [1.82, 2.24) is 10.2 Å². The number of fused-ring (bicyclic) bond motifs is 1. The minimum atomic E-state index is -0.0504. The molecule has 0 bridgehead atoms. The summed E-state index contributed by atoms with van der Waals surface area (Å²) in [5.74, 6) is 0.937. The first-order valence-corrected chi connectivity index (χ1v) is 10.2. The van der Waals surface area contributed by atoms with Gasteiger partial charge in [-0.05, 0) is 48.7 Å². The van der Waals surface area contributed by atoms with Crippen LogP contribution in [0.3, 0.4) is 0 Å². The van der Waals surface area contributed by atoms with Crippen LogP contribution in [0.2, 0.25) is 0 Å². The van der Waals surface area contributed by atoms with Gasteiger partial charge in [0.25, 0.3) is 5.91 Å². The van der Waals surface area contributed by atoms with E-state index >= 15 is 0 Å². The molecule has 1 N–H and O–H groups in total. The normalized spacial score (nSPS) is 16.0. The Balaban J connectivity index is 1.34. The van der Waals surface area contributed by atoms with E-state index in [9.17, 15) is 9.59 Å². The van der Waals surface area contributed by atoms with Crippen LogP contribution in [0, 0.1) is 5.92 Å². The summed E-state index contributed by atoms with van der Waals surface area (Å²) in [7, 11) is 0. The zero-order chi connectivity index (χ0) is 20.2. The molecule has 1 unspecified atom stereocenters. The molecule has 0 radical (unpaired) electrons. The largest absolute Gasteiger partial charge is 0.469 e. The fourth-order valence-electron chi connectivity index (χ4n) is 4.07. The first-order chi connectivity index (χ1) is 14.1. The lowest BCUT2D eigenvalue weighted by Crippen LogP contribution is -2.45. The summed E-state index contributed by atoms with van der Waals surface area (Å²) in [4.78, 5) is 27.5. The van der Waals surface area contributed by atoms with Gasteiger partial charge in [0.1, 0.15) is 5.76 Å². The summed E-state index contributed by atoms with van der Waals surface area (Å²) in [6.07, 6.45) is 3.70. The molecule has 1 aromatic heterocycles. The molecule has 29 heavy (non-hydrogen) atoms. The molecule has 1 saturated heterocycles. The standard InChI is InChI=1S/C24H26N2O3/c1-17(16-20-8-5-15-29-20)25-23(27)19-11-13-26(14-12-19)24(28)22-10-4-7-18-6-2-3-9-21(18)22/h2-10,15,17,19H,11-14,16H2,1H3,(H,25,27). The number of hydrogen-bond acceptors (Lipinski definition) is 3. The van der Waals surface area contributed by atoms with Crippen molar-refractivity contribution in [3.05, 3.63) is 72.2 Å². The highest BCUT2D eigenvalue weighted by Gasteiger charge is 2.29. The van der Waals surface area contributed by atoms with E-state index in [0.29, 0.717) is 32.4 Å². The Kier molecular flexibility index (Phi) is 5.65. The third kappa shape index (κ3) is 4.34. The topological polar surface area (TPSA) is 62.6 Å². The van der Waals surface area contributed by atoms with Gasteiger partial charge >= 0.3 is 0 Å². The molecule has 2 aromatic carbocycles. The molecule has 4 rings (SSSR count). The fourth-order valence-corrected chi connectivity index (χ4v) is 4.07. The molecule has 0 spiro atoms. The molecule has 3 aromatic rings. The van der Waals surface area contributed by atoms with Gasteiger partial charge in [0.15, 0.2) is 0 Å². The zero-order valence-electron chi connectivity index (χ0n) is 16.6. The average Bonchev–Trinajstić information content (AvgIpc) is 3.25. The van der Waals surface area contributed by atoms with Crippen molar-refractivity contribution >= 4 is 22.6 Å². The number of carbonyl (C=O) groups excluding carboxylic acids is 2. The predicted molar refractivity (Wildman–Crippen MR) is 113 cm³/mol. The number of amides is 2. The van der Waals surface area contributed by atoms with E-state index in [0.717, 1.165) is 22.1 Å². The Morgan fingerprint density at radius 2 is 1.83 bits per heavy atom. The Bertz CT molecular complexity index is 983. The minimum absolute atomic E-state index is 0.0176. The second kappa shape index (κ2) is 8.52. The minimum Gasteiger partial charge on any atom is -0.469 e. The number of benzene rings is 2. The van der Waals surface area contributed by atoms with Gasteiger partial charge in [-0.3, -0.25) is 9.59 Å². The van der Waals surface area contributed by atoms with Crippen molar-refractivity contribution in [1.29, 1.82) is 0 Å². The van der Waals surface area contributed by atoms with Crippen LogP contribution in [0.25, 0.3) is 10.8 Å². The average molecular weight is 390 g/mol. The van der Waals surface area contributed by atoms with Gasteiger partial charge in [0, 0.05) is 37.0 Å². The van der Waals surface area contributed by atoms with Crippen LogP contribution in [-0.4, -0.2) is 35.8 Å². The molecule has 1 atom stereocenters. The number of likely N-dealkylation sites (tertiary alicyclic amines) is 1. The molecule has 5 nitrogen and oxygen atoms in total. The molecule has 1 aliphatic rings. The number of piperidine rings is 1. The molecular formula is C24H26N2O3. The fraction of sp³-hybridized carbons (Fsp3) is 0.333. The van der Waals surface area contributed by atoms with Gasteiger partial charge in [-0.1, -0.05) is 36.4 Å². The van der Waals surface area contributed by atoms with Crippen molar-refractivity contribution in [2.75, 3.05) is 13.1 Å². The Morgan fingerprint density at radius 3 is 2.59 bits per heavy atom. The number of rotatable bonds is 5. The van der Waals surface area contributed by atoms with E-state index in [4.69, 9.17) is 4.42 Å². The maximum atomic E-state index is 13.1. The Morgan fingerprint density at radius 1 is 1.07 bits per heavy atom. The molecule has 0 aliphatic carbocycles. The van der Waals surface area contributed by atoms with Gasteiger partial charge < -0.3 is 14.6 Å². The van der Waals surface area contributed by atoms with Crippen LogP contribution in [0.1, 0.15) is 35.9 Å². The second-order valence-electron chi connectivity index (χ2n) is 7.79. The monoisotopic (exact) mass is 390 g/mol. The van der Waals surface area contributed by atoms with Crippen molar-refractivity contribution < 1.29 is 14.0 Å². The first-order valence-electron chi connectivity index (χ1n) is 10.2. The van der Waals surface area contributed by atoms with Crippen LogP contribution in [0.5, 0.6) is 0 Å². The first kappa shape index (κ1) is 19.2. The molecule has 0 saturated carbocycles. The number of carbonyl (C=O) groups is 2. The van der Waals surface area contributed by atoms with E-state index in [-0.39, 0.29) is 23.8 Å². The van der Waals surface area contributed by atoms with Crippen LogP contribution >= 0.6 is 0 Å².